The first-order valence-electron chi connectivity index (χ1n) is 5.23. The van der Waals surface area contributed by atoms with E-state index in [1.807, 2.05) is 0 Å². The highest BCUT2D eigenvalue weighted by atomic mass is 19.1. The number of carbonyl (C=O) groups is 1. The van der Waals surface area contributed by atoms with Gasteiger partial charge < -0.3 is 11.1 Å². The molecule has 1 aromatic carbocycles. The van der Waals surface area contributed by atoms with Crippen LogP contribution in [0.25, 0.3) is 0 Å². The average Bonchev–Trinajstić information content (AvgIpc) is 2.89. The van der Waals surface area contributed by atoms with E-state index in [2.05, 4.69) is 25.9 Å². The van der Waals surface area contributed by atoms with Gasteiger partial charge in [-0.15, -0.1) is 10.2 Å². The number of nitrogen functional groups attached to an aromatic ring is 1. The van der Waals surface area contributed by atoms with Gasteiger partial charge in [-0.1, -0.05) is 5.21 Å². The molecule has 1 aromatic heterocycles. The summed E-state index contributed by atoms with van der Waals surface area (Å²) < 4.78 is 13.6. The number of amides is 1. The number of nitro benzene ring substituents is 1. The number of H-pyrrole nitrogens is 1. The van der Waals surface area contributed by atoms with Crippen LogP contribution in [0.15, 0.2) is 12.1 Å². The summed E-state index contributed by atoms with van der Waals surface area (Å²) in [5.74, 6) is -1.70. The highest BCUT2D eigenvalue weighted by Gasteiger charge is 2.23. The second-order valence-electron chi connectivity index (χ2n) is 3.62. The van der Waals surface area contributed by atoms with Crippen molar-refractivity contribution in [3.05, 3.63) is 39.5 Å². The van der Waals surface area contributed by atoms with Crippen LogP contribution >= 0.6 is 0 Å². The first kappa shape index (κ1) is 13.3. The quantitative estimate of drug-likeness (QED) is 0.397. The number of nitrogens with one attached hydrogen (secondary N) is 2. The summed E-state index contributed by atoms with van der Waals surface area (Å²) in [6.07, 6.45) is 0. The Bertz CT molecular complexity index is 658. The highest BCUT2D eigenvalue weighted by molar-refractivity contribution is 6.01. The lowest BCUT2D eigenvalue weighted by Crippen LogP contribution is -2.25. The van der Waals surface area contributed by atoms with Gasteiger partial charge in [0.15, 0.2) is 5.82 Å². The second-order valence-corrected chi connectivity index (χ2v) is 3.62. The van der Waals surface area contributed by atoms with Gasteiger partial charge in [-0.3, -0.25) is 14.9 Å². The van der Waals surface area contributed by atoms with Gasteiger partial charge in [0.05, 0.1) is 11.5 Å². The maximum Gasteiger partial charge on any atom is 0.293 e. The molecule has 0 spiro atoms. The van der Waals surface area contributed by atoms with Crippen molar-refractivity contribution >= 4 is 17.3 Å². The summed E-state index contributed by atoms with van der Waals surface area (Å²) in [7, 11) is 0. The number of hydrogen-bond acceptors (Lipinski definition) is 7. The maximum absolute atomic E-state index is 13.6. The molecule has 1 amide bonds. The Morgan fingerprint density at radius 1 is 1.55 bits per heavy atom. The topological polar surface area (TPSA) is 153 Å². The van der Waals surface area contributed by atoms with Crippen LogP contribution in [0.1, 0.15) is 16.2 Å². The summed E-state index contributed by atoms with van der Waals surface area (Å²) in [6, 6.07) is 1.69. The van der Waals surface area contributed by atoms with Crippen LogP contribution in [0, 0.1) is 15.9 Å². The molecule has 104 valence electrons. The van der Waals surface area contributed by atoms with Crippen molar-refractivity contribution in [2.75, 3.05) is 5.73 Å². The SMILES string of the molecule is Nc1c([N+](=O)[O-])ccc(F)c1C(=O)NCc1nn[nH]n1. The number of benzene rings is 1. The van der Waals surface area contributed by atoms with Crippen LogP contribution in [0.4, 0.5) is 15.8 Å². The molecule has 0 bridgehead atoms. The van der Waals surface area contributed by atoms with Crippen LogP contribution in [0.2, 0.25) is 0 Å². The van der Waals surface area contributed by atoms with E-state index < -0.39 is 33.6 Å². The molecule has 1 heterocycles. The number of carbonyl (C=O) groups excluding carboxylic acids is 1. The van der Waals surface area contributed by atoms with Gasteiger partial charge >= 0.3 is 0 Å². The normalized spacial score (nSPS) is 10.2. The number of aromatic amines is 1. The number of nitrogens with zero attached hydrogens (tertiary/aromatic N) is 4. The number of aromatic nitrogens is 4. The van der Waals surface area contributed by atoms with Crippen molar-refractivity contribution in [2.45, 2.75) is 6.54 Å². The fraction of sp³-hybridized carbons (Fsp3) is 0.111. The van der Waals surface area contributed by atoms with Crippen molar-refractivity contribution < 1.29 is 14.1 Å². The third-order valence-corrected chi connectivity index (χ3v) is 2.39. The van der Waals surface area contributed by atoms with Gasteiger partial charge in [0, 0.05) is 6.07 Å². The number of nitro groups is 1. The Labute approximate surface area is 110 Å². The summed E-state index contributed by atoms with van der Waals surface area (Å²) in [5.41, 5.74) is 3.76. The number of nitrogens with two attached hydrogens (primary N) is 1. The largest absolute Gasteiger partial charge is 0.392 e. The predicted octanol–water partition coefficient (Wildman–Crippen LogP) is -0.241. The average molecular weight is 281 g/mol. The third kappa shape index (κ3) is 2.50. The fourth-order valence-electron chi connectivity index (χ4n) is 1.48. The molecule has 11 heteroatoms. The van der Waals surface area contributed by atoms with Crippen LogP contribution in [-0.2, 0) is 6.54 Å². The number of hydrogen-bond donors (Lipinski definition) is 3. The molecule has 0 atom stereocenters. The summed E-state index contributed by atoms with van der Waals surface area (Å²) >= 11 is 0. The molecule has 2 rings (SSSR count). The Morgan fingerprint density at radius 2 is 2.30 bits per heavy atom. The van der Waals surface area contributed by atoms with E-state index in [0.29, 0.717) is 0 Å². The standard InChI is InChI=1S/C9H8FN7O3/c10-4-1-2-5(17(19)20)8(11)7(4)9(18)12-3-6-13-15-16-14-6/h1-2H,3,11H2,(H,12,18)(H,13,14,15,16). The summed E-state index contributed by atoms with van der Waals surface area (Å²) in [5, 5.41) is 25.6. The van der Waals surface area contributed by atoms with Gasteiger partial charge in [0.2, 0.25) is 0 Å². The zero-order valence-corrected chi connectivity index (χ0v) is 9.83. The van der Waals surface area contributed by atoms with Gasteiger partial charge in [-0.25, -0.2) is 4.39 Å². The molecular formula is C9H8FN7O3. The molecule has 0 aliphatic carbocycles. The van der Waals surface area contributed by atoms with Crippen molar-refractivity contribution in [1.82, 2.24) is 25.9 Å². The third-order valence-electron chi connectivity index (χ3n) is 2.39. The second kappa shape index (κ2) is 5.26. The molecule has 0 aliphatic rings. The molecular weight excluding hydrogens is 273 g/mol. The molecule has 4 N–H and O–H groups in total. The lowest BCUT2D eigenvalue weighted by atomic mass is 10.1. The minimum Gasteiger partial charge on any atom is -0.392 e. The predicted molar refractivity (Wildman–Crippen MR) is 62.8 cm³/mol. The van der Waals surface area contributed by atoms with Gasteiger partial charge in [-0.05, 0) is 6.07 Å². The van der Waals surface area contributed by atoms with E-state index >= 15 is 0 Å². The van der Waals surface area contributed by atoms with Crippen molar-refractivity contribution in [3.8, 4) is 0 Å². The molecule has 0 saturated heterocycles. The summed E-state index contributed by atoms with van der Waals surface area (Å²) in [6.45, 7) is -0.128. The minimum atomic E-state index is -0.960. The molecule has 2 aromatic rings. The summed E-state index contributed by atoms with van der Waals surface area (Å²) in [4.78, 5) is 21.7. The van der Waals surface area contributed by atoms with E-state index in [9.17, 15) is 19.3 Å². The minimum absolute atomic E-state index is 0.128. The van der Waals surface area contributed by atoms with Gasteiger partial charge in [-0.2, -0.15) is 5.21 Å². The van der Waals surface area contributed by atoms with Crippen LogP contribution in [-0.4, -0.2) is 31.5 Å². The van der Waals surface area contributed by atoms with E-state index in [-0.39, 0.29) is 12.4 Å². The van der Waals surface area contributed by atoms with Crippen LogP contribution in [0.5, 0.6) is 0 Å². The molecule has 0 unspecified atom stereocenters. The number of tetrazole rings is 1. The van der Waals surface area contributed by atoms with E-state index in [0.717, 1.165) is 12.1 Å². The maximum atomic E-state index is 13.6. The van der Waals surface area contributed by atoms with Gasteiger partial charge in [0.25, 0.3) is 11.6 Å². The first-order chi connectivity index (χ1) is 9.50. The fourth-order valence-corrected chi connectivity index (χ4v) is 1.48. The van der Waals surface area contributed by atoms with E-state index in [1.165, 1.54) is 0 Å². The lowest BCUT2D eigenvalue weighted by Gasteiger charge is -2.07. The zero-order valence-electron chi connectivity index (χ0n) is 9.83. The van der Waals surface area contributed by atoms with Crippen molar-refractivity contribution in [1.29, 1.82) is 0 Å². The Morgan fingerprint density at radius 3 is 2.90 bits per heavy atom. The zero-order chi connectivity index (χ0) is 14.7. The number of rotatable bonds is 4. The highest BCUT2D eigenvalue weighted by Crippen LogP contribution is 2.27. The van der Waals surface area contributed by atoms with Crippen molar-refractivity contribution in [2.24, 2.45) is 0 Å². The molecule has 20 heavy (non-hydrogen) atoms. The van der Waals surface area contributed by atoms with Crippen molar-refractivity contribution in [3.63, 3.8) is 0 Å². The lowest BCUT2D eigenvalue weighted by molar-refractivity contribution is -0.384. The molecule has 0 radical (unpaired) electrons. The number of halogens is 1. The Balaban J connectivity index is 2.25. The molecule has 10 nitrogen and oxygen atoms in total. The molecule has 0 saturated carbocycles. The van der Waals surface area contributed by atoms with E-state index in [1.54, 1.807) is 0 Å². The van der Waals surface area contributed by atoms with Crippen LogP contribution < -0.4 is 11.1 Å². The monoisotopic (exact) mass is 281 g/mol. The Hall–Kier alpha value is -3.11. The van der Waals surface area contributed by atoms with Gasteiger partial charge in [0.1, 0.15) is 17.1 Å². The smallest absolute Gasteiger partial charge is 0.293 e. The number of anilines is 1. The molecule has 0 aliphatic heterocycles. The Kier molecular flexibility index (Phi) is 3.50. The van der Waals surface area contributed by atoms with Crippen LogP contribution in [0.3, 0.4) is 0 Å². The van der Waals surface area contributed by atoms with E-state index in [4.69, 9.17) is 5.73 Å². The first-order valence-corrected chi connectivity index (χ1v) is 5.23. The molecule has 0 fully saturated rings.